The molecule has 0 aromatic heterocycles. The number of anilines is 1. The molecule has 7 heteroatoms. The molecule has 0 N–H and O–H groups in total. The van der Waals surface area contributed by atoms with Crippen molar-refractivity contribution in [1.29, 1.82) is 0 Å². The lowest BCUT2D eigenvalue weighted by Crippen LogP contribution is -2.53. The lowest BCUT2D eigenvalue weighted by Gasteiger charge is -2.40. The molecule has 0 aliphatic carbocycles. The standard InChI is InChI=1S/C15H18F4N2O/c1-10(22)14-12(16)4-3-5-13(14)21-8-6-20(7-9-21)11(2)15(17,18)19/h3-5,11H,6-9H2,1-2H3/t11-/m0/s1. The summed E-state index contributed by atoms with van der Waals surface area (Å²) < 4.78 is 52.0. The third kappa shape index (κ3) is 3.40. The summed E-state index contributed by atoms with van der Waals surface area (Å²) in [5, 5.41) is 0. The number of alkyl halides is 3. The van der Waals surface area contributed by atoms with E-state index < -0.39 is 18.0 Å². The molecule has 1 atom stereocenters. The summed E-state index contributed by atoms with van der Waals surface area (Å²) in [6.45, 7) is 3.50. The quantitative estimate of drug-likeness (QED) is 0.632. The Morgan fingerprint density at radius 2 is 1.77 bits per heavy atom. The number of carbonyl (C=O) groups excluding carboxylic acids is 1. The number of hydrogen-bond acceptors (Lipinski definition) is 3. The molecule has 1 aliphatic rings. The van der Waals surface area contributed by atoms with Gasteiger partial charge < -0.3 is 4.90 Å². The van der Waals surface area contributed by atoms with Gasteiger partial charge in [0.05, 0.1) is 11.3 Å². The summed E-state index contributed by atoms with van der Waals surface area (Å²) in [6.07, 6.45) is -4.26. The Balaban J connectivity index is 2.13. The van der Waals surface area contributed by atoms with Gasteiger partial charge in [-0.1, -0.05) is 6.07 Å². The van der Waals surface area contributed by atoms with Crippen molar-refractivity contribution in [3.05, 3.63) is 29.6 Å². The highest BCUT2D eigenvalue weighted by molar-refractivity contribution is 6.00. The predicted molar refractivity (Wildman–Crippen MR) is 75.7 cm³/mol. The maximum Gasteiger partial charge on any atom is 0.403 e. The van der Waals surface area contributed by atoms with Gasteiger partial charge >= 0.3 is 6.18 Å². The van der Waals surface area contributed by atoms with Gasteiger partial charge in [0.2, 0.25) is 0 Å². The van der Waals surface area contributed by atoms with E-state index >= 15 is 0 Å². The van der Waals surface area contributed by atoms with Gasteiger partial charge in [0.25, 0.3) is 0 Å². The van der Waals surface area contributed by atoms with Gasteiger partial charge in [-0.2, -0.15) is 13.2 Å². The largest absolute Gasteiger partial charge is 0.403 e. The van der Waals surface area contributed by atoms with Gasteiger partial charge in [0, 0.05) is 26.2 Å². The summed E-state index contributed by atoms with van der Waals surface area (Å²) in [4.78, 5) is 14.7. The van der Waals surface area contributed by atoms with E-state index in [0.717, 1.165) is 6.92 Å². The lowest BCUT2D eigenvalue weighted by molar-refractivity contribution is -0.179. The molecule has 0 unspecified atom stereocenters. The van der Waals surface area contributed by atoms with E-state index in [1.165, 1.54) is 24.0 Å². The fraction of sp³-hybridized carbons (Fsp3) is 0.533. The lowest BCUT2D eigenvalue weighted by atomic mass is 10.1. The molecule has 0 spiro atoms. The Bertz CT molecular complexity index is 551. The summed E-state index contributed by atoms with van der Waals surface area (Å²) in [5.74, 6) is -0.990. The van der Waals surface area contributed by atoms with Gasteiger partial charge in [0.1, 0.15) is 11.9 Å². The number of ketones is 1. The molecule has 0 radical (unpaired) electrons. The molecule has 22 heavy (non-hydrogen) atoms. The molecule has 1 aromatic carbocycles. The van der Waals surface area contributed by atoms with E-state index in [9.17, 15) is 22.4 Å². The third-order valence-corrected chi connectivity index (χ3v) is 4.02. The minimum Gasteiger partial charge on any atom is -0.368 e. The molecule has 0 amide bonds. The summed E-state index contributed by atoms with van der Waals surface area (Å²) in [6, 6.07) is 2.83. The Kier molecular flexibility index (Phi) is 4.75. The first kappa shape index (κ1) is 16.7. The minimum absolute atomic E-state index is 0.000167. The van der Waals surface area contributed by atoms with Crippen LogP contribution in [-0.2, 0) is 0 Å². The van der Waals surface area contributed by atoms with Crippen molar-refractivity contribution < 1.29 is 22.4 Å². The Labute approximate surface area is 126 Å². The van der Waals surface area contributed by atoms with Crippen molar-refractivity contribution in [2.24, 2.45) is 0 Å². The van der Waals surface area contributed by atoms with Gasteiger partial charge in [-0.15, -0.1) is 0 Å². The van der Waals surface area contributed by atoms with Crippen molar-refractivity contribution in [3.63, 3.8) is 0 Å². The predicted octanol–water partition coefficient (Wildman–Crippen LogP) is 3.10. The monoisotopic (exact) mass is 318 g/mol. The van der Waals surface area contributed by atoms with Crippen molar-refractivity contribution >= 4 is 11.5 Å². The average molecular weight is 318 g/mol. The number of Topliss-reactive ketones (excluding diaryl/α,β-unsaturated/α-hetero) is 1. The molecule has 0 bridgehead atoms. The van der Waals surface area contributed by atoms with Gasteiger partial charge in [-0.3, -0.25) is 9.69 Å². The number of rotatable bonds is 3. The Hall–Kier alpha value is -1.63. The van der Waals surface area contributed by atoms with E-state index in [4.69, 9.17) is 0 Å². The smallest absolute Gasteiger partial charge is 0.368 e. The van der Waals surface area contributed by atoms with Crippen LogP contribution in [0.25, 0.3) is 0 Å². The van der Waals surface area contributed by atoms with Crippen LogP contribution in [0.4, 0.5) is 23.2 Å². The number of carbonyl (C=O) groups is 1. The van der Waals surface area contributed by atoms with E-state index in [0.29, 0.717) is 18.8 Å². The van der Waals surface area contributed by atoms with Gasteiger partial charge in [-0.25, -0.2) is 4.39 Å². The first-order valence-electron chi connectivity index (χ1n) is 7.07. The number of piperazine rings is 1. The highest BCUT2D eigenvalue weighted by Crippen LogP contribution is 2.28. The minimum atomic E-state index is -4.26. The zero-order valence-electron chi connectivity index (χ0n) is 12.5. The molecule has 1 fully saturated rings. The molecule has 3 nitrogen and oxygen atoms in total. The van der Waals surface area contributed by atoms with Crippen molar-refractivity contribution in [3.8, 4) is 0 Å². The van der Waals surface area contributed by atoms with Crippen LogP contribution in [-0.4, -0.2) is 49.1 Å². The maximum atomic E-state index is 13.8. The molecule has 122 valence electrons. The second-order valence-corrected chi connectivity index (χ2v) is 5.43. The number of hydrogen-bond donors (Lipinski definition) is 0. The topological polar surface area (TPSA) is 23.6 Å². The Morgan fingerprint density at radius 3 is 2.27 bits per heavy atom. The first-order valence-corrected chi connectivity index (χ1v) is 7.07. The zero-order valence-corrected chi connectivity index (χ0v) is 12.5. The maximum absolute atomic E-state index is 13.8. The molecule has 1 saturated heterocycles. The number of nitrogens with zero attached hydrogens (tertiary/aromatic N) is 2. The van der Waals surface area contributed by atoms with Crippen LogP contribution < -0.4 is 4.90 Å². The van der Waals surface area contributed by atoms with Crippen LogP contribution in [0.1, 0.15) is 24.2 Å². The van der Waals surface area contributed by atoms with Crippen LogP contribution >= 0.6 is 0 Å². The van der Waals surface area contributed by atoms with Crippen LogP contribution in [0.2, 0.25) is 0 Å². The molecule has 1 aromatic rings. The highest BCUT2D eigenvalue weighted by Gasteiger charge is 2.41. The fourth-order valence-electron chi connectivity index (χ4n) is 2.68. The third-order valence-electron chi connectivity index (χ3n) is 4.02. The van der Waals surface area contributed by atoms with Crippen molar-refractivity contribution in [2.45, 2.75) is 26.1 Å². The highest BCUT2D eigenvalue weighted by atomic mass is 19.4. The SMILES string of the molecule is CC(=O)c1c(F)cccc1N1CCN([C@@H](C)C(F)(F)F)CC1. The van der Waals surface area contributed by atoms with Crippen molar-refractivity contribution in [1.82, 2.24) is 4.90 Å². The van der Waals surface area contributed by atoms with Gasteiger partial charge in [-0.05, 0) is 26.0 Å². The Morgan fingerprint density at radius 1 is 1.18 bits per heavy atom. The molecule has 0 saturated carbocycles. The summed E-state index contributed by atoms with van der Waals surface area (Å²) in [5.41, 5.74) is 0.451. The summed E-state index contributed by atoms with van der Waals surface area (Å²) >= 11 is 0. The number of benzene rings is 1. The van der Waals surface area contributed by atoms with E-state index in [2.05, 4.69) is 0 Å². The van der Waals surface area contributed by atoms with Crippen LogP contribution in [0, 0.1) is 5.82 Å². The molecule has 1 heterocycles. The van der Waals surface area contributed by atoms with Gasteiger partial charge in [0.15, 0.2) is 5.78 Å². The van der Waals surface area contributed by atoms with Crippen LogP contribution in [0.5, 0.6) is 0 Å². The molecular weight excluding hydrogens is 300 g/mol. The van der Waals surface area contributed by atoms with E-state index in [1.54, 1.807) is 11.0 Å². The molecule has 2 rings (SSSR count). The van der Waals surface area contributed by atoms with Crippen LogP contribution in [0.15, 0.2) is 18.2 Å². The number of halogens is 4. The fourth-order valence-corrected chi connectivity index (χ4v) is 2.68. The first-order chi connectivity index (χ1) is 10.2. The normalized spacial score (nSPS) is 18.4. The second kappa shape index (κ2) is 6.24. The molecule has 1 aliphatic heterocycles. The summed E-state index contributed by atoms with van der Waals surface area (Å²) in [7, 11) is 0. The zero-order chi connectivity index (χ0) is 16.5. The van der Waals surface area contributed by atoms with Crippen molar-refractivity contribution in [2.75, 3.05) is 31.1 Å². The molecular formula is C15H18F4N2O. The van der Waals surface area contributed by atoms with E-state index in [1.807, 2.05) is 0 Å². The average Bonchev–Trinajstić information content (AvgIpc) is 2.45. The van der Waals surface area contributed by atoms with Crippen LogP contribution in [0.3, 0.4) is 0 Å². The van der Waals surface area contributed by atoms with E-state index in [-0.39, 0.29) is 24.4 Å². The second-order valence-electron chi connectivity index (χ2n) is 5.43.